The predicted molar refractivity (Wildman–Crippen MR) is 114 cm³/mol. The van der Waals surface area contributed by atoms with Crippen molar-refractivity contribution in [3.05, 3.63) is 64.9 Å². The summed E-state index contributed by atoms with van der Waals surface area (Å²) in [5, 5.41) is 3.81. The van der Waals surface area contributed by atoms with Crippen LogP contribution < -0.4 is 19.7 Å². The number of benzene rings is 2. The highest BCUT2D eigenvalue weighted by Gasteiger charge is 2.35. The minimum absolute atomic E-state index is 0.386. The molecule has 0 spiro atoms. The van der Waals surface area contributed by atoms with Gasteiger partial charge in [-0.25, -0.2) is 4.79 Å². The third kappa shape index (κ3) is 3.53. The fourth-order valence-electron chi connectivity index (χ4n) is 3.70. The molecule has 0 fully saturated rings. The fraction of sp³-hybridized carbons (Fsp3) is 0.273. The molecule has 0 aromatic heterocycles. The van der Waals surface area contributed by atoms with E-state index in [1.807, 2.05) is 61.2 Å². The second-order valence-corrected chi connectivity index (χ2v) is 7.34. The molecule has 6 nitrogen and oxygen atoms in total. The van der Waals surface area contributed by atoms with Crippen molar-refractivity contribution in [2.24, 2.45) is 0 Å². The number of nitrogens with one attached hydrogen (secondary N) is 1. The molecule has 4 rings (SSSR count). The molecule has 0 radical (unpaired) electrons. The van der Waals surface area contributed by atoms with Crippen LogP contribution in [0.1, 0.15) is 24.1 Å². The molecule has 0 saturated heterocycles. The Hall–Kier alpha value is -3.06. The minimum atomic E-state index is -0.397. The Bertz CT molecular complexity index is 1020. The molecule has 0 aliphatic carbocycles. The van der Waals surface area contributed by atoms with E-state index in [0.29, 0.717) is 41.1 Å². The number of carbonyl (C=O) groups excluding carboxylic acids is 1. The average molecular weight is 410 g/mol. The average Bonchev–Trinajstić information content (AvgIpc) is 2.72. The Labute approximate surface area is 175 Å². The van der Waals surface area contributed by atoms with Crippen molar-refractivity contribution >= 4 is 29.0 Å². The van der Waals surface area contributed by atoms with Crippen LogP contribution in [-0.4, -0.2) is 31.4 Å². The standard InChI is InChI=1S/C22H22N2O4S/c1-13-5-4-6-15(11-13)20-19(21(25)26-3)14(2)24(22(29)23-20)16-7-8-17-18(12-16)28-10-9-27-17/h4-8,11-12,20H,9-10H2,1-3H3,(H,23,29)/t20-/m0/s1. The molecule has 0 amide bonds. The summed E-state index contributed by atoms with van der Waals surface area (Å²) in [4.78, 5) is 14.6. The molecule has 1 N–H and O–H groups in total. The lowest BCUT2D eigenvalue weighted by atomic mass is 9.94. The molecule has 2 heterocycles. The van der Waals surface area contributed by atoms with Crippen LogP contribution in [0.2, 0.25) is 0 Å². The molecule has 7 heteroatoms. The highest BCUT2D eigenvalue weighted by molar-refractivity contribution is 7.80. The van der Waals surface area contributed by atoms with Crippen LogP contribution in [0.4, 0.5) is 5.69 Å². The summed E-state index contributed by atoms with van der Waals surface area (Å²) in [7, 11) is 1.39. The summed E-state index contributed by atoms with van der Waals surface area (Å²) < 4.78 is 16.4. The highest BCUT2D eigenvalue weighted by atomic mass is 32.1. The van der Waals surface area contributed by atoms with Gasteiger partial charge in [0.1, 0.15) is 13.2 Å². The molecule has 0 bridgehead atoms. The van der Waals surface area contributed by atoms with Gasteiger partial charge >= 0.3 is 5.97 Å². The van der Waals surface area contributed by atoms with E-state index >= 15 is 0 Å². The number of hydrogen-bond acceptors (Lipinski definition) is 5. The molecule has 0 unspecified atom stereocenters. The third-order valence-corrected chi connectivity index (χ3v) is 5.35. The molecule has 2 aromatic rings. The predicted octanol–water partition coefficient (Wildman–Crippen LogP) is 3.65. The molecular weight excluding hydrogens is 388 g/mol. The number of fused-ring (bicyclic) bond motifs is 1. The number of nitrogens with zero attached hydrogens (tertiary/aromatic N) is 1. The number of hydrogen-bond donors (Lipinski definition) is 1. The maximum Gasteiger partial charge on any atom is 0.337 e. The minimum Gasteiger partial charge on any atom is -0.486 e. The summed E-state index contributed by atoms with van der Waals surface area (Å²) in [5.41, 5.74) is 4.07. The zero-order valence-electron chi connectivity index (χ0n) is 16.5. The first-order chi connectivity index (χ1) is 14.0. The number of anilines is 1. The van der Waals surface area contributed by atoms with Crippen LogP contribution in [0.25, 0.3) is 0 Å². The Morgan fingerprint density at radius 2 is 1.90 bits per heavy atom. The molecular formula is C22H22N2O4S. The normalized spacial score (nSPS) is 18.4. The zero-order valence-corrected chi connectivity index (χ0v) is 17.3. The first kappa shape index (κ1) is 19.3. The van der Waals surface area contributed by atoms with Crippen LogP contribution >= 0.6 is 12.2 Å². The van der Waals surface area contributed by atoms with E-state index in [1.54, 1.807) is 0 Å². The second kappa shape index (κ2) is 7.75. The van der Waals surface area contributed by atoms with Gasteiger partial charge in [0.2, 0.25) is 0 Å². The smallest absolute Gasteiger partial charge is 0.337 e. The van der Waals surface area contributed by atoms with E-state index in [1.165, 1.54) is 7.11 Å². The Morgan fingerprint density at radius 1 is 1.14 bits per heavy atom. The lowest BCUT2D eigenvalue weighted by Gasteiger charge is -2.37. The van der Waals surface area contributed by atoms with Crippen LogP contribution in [0, 0.1) is 6.92 Å². The monoisotopic (exact) mass is 410 g/mol. The summed E-state index contributed by atoms with van der Waals surface area (Å²) in [6.07, 6.45) is 0. The van der Waals surface area contributed by atoms with E-state index in [-0.39, 0.29) is 6.04 Å². The maximum atomic E-state index is 12.7. The van der Waals surface area contributed by atoms with Crippen molar-refractivity contribution < 1.29 is 19.0 Å². The SMILES string of the molecule is COC(=O)C1=C(C)N(c2ccc3c(c2)OCCO3)C(=S)N[C@H]1c1cccc(C)c1. The van der Waals surface area contributed by atoms with Gasteiger partial charge in [0.05, 0.1) is 24.4 Å². The second-order valence-electron chi connectivity index (χ2n) is 6.95. The van der Waals surface area contributed by atoms with Crippen molar-refractivity contribution in [2.45, 2.75) is 19.9 Å². The number of aryl methyl sites for hydroxylation is 1. The highest BCUT2D eigenvalue weighted by Crippen LogP contribution is 2.38. The van der Waals surface area contributed by atoms with Gasteiger partial charge in [0.15, 0.2) is 16.6 Å². The molecule has 2 aromatic carbocycles. The van der Waals surface area contributed by atoms with E-state index in [2.05, 4.69) is 5.32 Å². The van der Waals surface area contributed by atoms with E-state index in [0.717, 1.165) is 16.8 Å². The van der Waals surface area contributed by atoms with Crippen molar-refractivity contribution in [1.29, 1.82) is 0 Å². The first-order valence-electron chi connectivity index (χ1n) is 9.35. The Morgan fingerprint density at radius 3 is 2.62 bits per heavy atom. The van der Waals surface area contributed by atoms with Crippen LogP contribution in [0.3, 0.4) is 0 Å². The van der Waals surface area contributed by atoms with Gasteiger partial charge in [-0.1, -0.05) is 29.8 Å². The van der Waals surface area contributed by atoms with Crippen molar-refractivity contribution in [3.63, 3.8) is 0 Å². The Kier molecular flexibility index (Phi) is 5.15. The van der Waals surface area contributed by atoms with Gasteiger partial charge in [-0.3, -0.25) is 4.90 Å². The lowest BCUT2D eigenvalue weighted by Crippen LogP contribution is -2.48. The molecule has 1 atom stereocenters. The lowest BCUT2D eigenvalue weighted by molar-refractivity contribution is -0.136. The van der Waals surface area contributed by atoms with Crippen LogP contribution in [0.5, 0.6) is 11.5 Å². The zero-order chi connectivity index (χ0) is 20.5. The number of rotatable bonds is 3. The maximum absolute atomic E-state index is 12.7. The fourth-order valence-corrected chi connectivity index (χ4v) is 4.06. The summed E-state index contributed by atoms with van der Waals surface area (Å²) in [5.74, 6) is 0.958. The van der Waals surface area contributed by atoms with E-state index in [4.69, 9.17) is 26.4 Å². The van der Waals surface area contributed by atoms with E-state index < -0.39 is 5.97 Å². The quantitative estimate of drug-likeness (QED) is 0.612. The number of thiocarbonyl (C=S) groups is 1. The van der Waals surface area contributed by atoms with Crippen molar-refractivity contribution in [1.82, 2.24) is 5.32 Å². The topological polar surface area (TPSA) is 60.0 Å². The molecule has 2 aliphatic rings. The number of esters is 1. The summed E-state index contributed by atoms with van der Waals surface area (Å²) in [6.45, 7) is 4.91. The van der Waals surface area contributed by atoms with E-state index in [9.17, 15) is 4.79 Å². The summed E-state index contributed by atoms with van der Waals surface area (Å²) in [6, 6.07) is 13.2. The van der Waals surface area contributed by atoms with Crippen LogP contribution in [0.15, 0.2) is 53.7 Å². The number of allylic oxidation sites excluding steroid dienone is 1. The van der Waals surface area contributed by atoms with Crippen molar-refractivity contribution in [3.8, 4) is 11.5 Å². The van der Waals surface area contributed by atoms with Crippen LogP contribution in [-0.2, 0) is 9.53 Å². The van der Waals surface area contributed by atoms with Gasteiger partial charge in [0.25, 0.3) is 0 Å². The first-order valence-corrected chi connectivity index (χ1v) is 9.76. The third-order valence-electron chi connectivity index (χ3n) is 5.05. The Balaban J connectivity index is 1.81. The number of methoxy groups -OCH3 is 1. The number of carbonyl (C=O) groups is 1. The number of ether oxygens (including phenoxy) is 3. The van der Waals surface area contributed by atoms with Gasteiger partial charge in [-0.05, 0) is 43.8 Å². The van der Waals surface area contributed by atoms with Gasteiger partial charge in [-0.2, -0.15) is 0 Å². The molecule has 150 valence electrons. The van der Waals surface area contributed by atoms with Gasteiger partial charge in [-0.15, -0.1) is 0 Å². The largest absolute Gasteiger partial charge is 0.486 e. The molecule has 29 heavy (non-hydrogen) atoms. The molecule has 0 saturated carbocycles. The summed E-state index contributed by atoms with van der Waals surface area (Å²) >= 11 is 5.68. The van der Waals surface area contributed by atoms with Crippen molar-refractivity contribution in [2.75, 3.05) is 25.2 Å². The van der Waals surface area contributed by atoms with Gasteiger partial charge < -0.3 is 19.5 Å². The van der Waals surface area contributed by atoms with Gasteiger partial charge in [0, 0.05) is 11.8 Å². The molecule has 2 aliphatic heterocycles.